The van der Waals surface area contributed by atoms with Crippen LogP contribution in [0.15, 0.2) is 54.6 Å². The Hall–Kier alpha value is -3.21. The normalized spacial score (nSPS) is 10.8. The van der Waals surface area contributed by atoms with Gasteiger partial charge in [0.2, 0.25) is 0 Å². The summed E-state index contributed by atoms with van der Waals surface area (Å²) >= 11 is 0. The third kappa shape index (κ3) is 3.18. The number of rotatable bonds is 5. The number of ether oxygens (including phenoxy) is 1. The van der Waals surface area contributed by atoms with E-state index in [2.05, 4.69) is 10.3 Å². The fraction of sp³-hybridized carbons (Fsp3) is 0.0556. The minimum absolute atomic E-state index is 0.292. The smallest absolute Gasteiger partial charge is 0.172 e. The van der Waals surface area contributed by atoms with Gasteiger partial charge in [0.05, 0.1) is 18.5 Å². The Balaban J connectivity index is 2.03. The van der Waals surface area contributed by atoms with Crippen LogP contribution in [-0.4, -0.2) is 28.4 Å². The molecule has 0 amide bonds. The van der Waals surface area contributed by atoms with Crippen molar-refractivity contribution in [3.63, 3.8) is 0 Å². The summed E-state index contributed by atoms with van der Waals surface area (Å²) in [4.78, 5) is 11.2. The maximum atomic E-state index is 11.2. The lowest BCUT2D eigenvalue weighted by Crippen LogP contribution is -2.00. The Labute approximate surface area is 133 Å². The third-order valence-electron chi connectivity index (χ3n) is 3.38. The van der Waals surface area contributed by atoms with Gasteiger partial charge in [0, 0.05) is 6.07 Å². The number of methoxy groups -OCH3 is 1. The second-order valence-corrected chi connectivity index (χ2v) is 4.84. The van der Waals surface area contributed by atoms with Crippen molar-refractivity contribution in [2.75, 3.05) is 7.11 Å². The topological polar surface area (TPSA) is 57.0 Å². The molecule has 5 nitrogen and oxygen atoms in total. The van der Waals surface area contributed by atoms with E-state index < -0.39 is 0 Å². The minimum Gasteiger partial charge on any atom is -0.497 e. The standard InChI is InChI=1S/C18H15N3O2/c1-23-16-9-5-8-15(12-16)21-18(17(13-22)19-20-21)11-10-14-6-3-2-4-7-14/h2-13H,1H3/b11-10+. The summed E-state index contributed by atoms with van der Waals surface area (Å²) in [5, 5.41) is 8.01. The summed E-state index contributed by atoms with van der Waals surface area (Å²) < 4.78 is 6.85. The molecular formula is C18H15N3O2. The molecule has 0 saturated carbocycles. The molecule has 0 atom stereocenters. The quantitative estimate of drug-likeness (QED) is 0.679. The molecule has 0 unspecified atom stereocenters. The fourth-order valence-electron chi connectivity index (χ4n) is 2.21. The molecule has 0 N–H and O–H groups in total. The summed E-state index contributed by atoms with van der Waals surface area (Å²) in [6.07, 6.45) is 4.45. The van der Waals surface area contributed by atoms with Gasteiger partial charge in [-0.25, -0.2) is 4.68 Å². The van der Waals surface area contributed by atoms with Crippen LogP contribution in [0.2, 0.25) is 0 Å². The monoisotopic (exact) mass is 305 g/mol. The highest BCUT2D eigenvalue weighted by molar-refractivity contribution is 5.81. The highest BCUT2D eigenvalue weighted by Gasteiger charge is 2.11. The molecule has 0 saturated heterocycles. The number of carbonyl (C=O) groups is 1. The SMILES string of the molecule is COc1cccc(-n2nnc(C=O)c2/C=C/c2ccccc2)c1. The number of carbonyl (C=O) groups excluding carboxylic acids is 1. The Morgan fingerprint density at radius 2 is 1.87 bits per heavy atom. The van der Waals surface area contributed by atoms with Crippen LogP contribution in [0.3, 0.4) is 0 Å². The molecule has 1 aromatic heterocycles. The lowest BCUT2D eigenvalue weighted by Gasteiger charge is -2.06. The van der Waals surface area contributed by atoms with E-state index in [-0.39, 0.29) is 0 Å². The van der Waals surface area contributed by atoms with Gasteiger partial charge < -0.3 is 4.74 Å². The largest absolute Gasteiger partial charge is 0.497 e. The van der Waals surface area contributed by atoms with Crippen molar-refractivity contribution < 1.29 is 9.53 Å². The Bertz CT molecular complexity index is 838. The molecule has 5 heteroatoms. The average Bonchev–Trinajstić information content (AvgIpc) is 3.04. The second-order valence-electron chi connectivity index (χ2n) is 4.84. The van der Waals surface area contributed by atoms with E-state index >= 15 is 0 Å². The van der Waals surface area contributed by atoms with Crippen LogP contribution < -0.4 is 4.74 Å². The molecule has 0 aliphatic rings. The molecule has 114 valence electrons. The van der Waals surface area contributed by atoms with Crippen molar-refractivity contribution in [2.45, 2.75) is 0 Å². The zero-order chi connectivity index (χ0) is 16.1. The number of hydrogen-bond donors (Lipinski definition) is 0. The Morgan fingerprint density at radius 3 is 2.61 bits per heavy atom. The number of aromatic nitrogens is 3. The van der Waals surface area contributed by atoms with Crippen LogP contribution in [0.1, 0.15) is 21.7 Å². The van der Waals surface area contributed by atoms with E-state index in [4.69, 9.17) is 4.74 Å². The zero-order valence-corrected chi connectivity index (χ0v) is 12.6. The Kier molecular flexibility index (Phi) is 4.29. The van der Waals surface area contributed by atoms with Crippen LogP contribution in [0, 0.1) is 0 Å². The average molecular weight is 305 g/mol. The van der Waals surface area contributed by atoms with E-state index in [1.807, 2.05) is 66.7 Å². The molecule has 0 fully saturated rings. The van der Waals surface area contributed by atoms with Gasteiger partial charge in [-0.1, -0.05) is 47.7 Å². The molecule has 0 radical (unpaired) electrons. The molecule has 0 aliphatic carbocycles. The number of benzene rings is 2. The maximum absolute atomic E-state index is 11.2. The lowest BCUT2D eigenvalue weighted by molar-refractivity contribution is 0.111. The molecule has 3 aromatic rings. The van der Waals surface area contributed by atoms with Crippen molar-refractivity contribution in [3.05, 3.63) is 71.5 Å². The first-order valence-corrected chi connectivity index (χ1v) is 7.10. The van der Waals surface area contributed by atoms with Gasteiger partial charge in [-0.05, 0) is 23.8 Å². The van der Waals surface area contributed by atoms with Crippen LogP contribution in [0.4, 0.5) is 0 Å². The predicted octanol–water partition coefficient (Wildman–Crippen LogP) is 3.26. The third-order valence-corrected chi connectivity index (χ3v) is 3.38. The molecule has 0 spiro atoms. The van der Waals surface area contributed by atoms with Crippen LogP contribution in [0.25, 0.3) is 17.8 Å². The van der Waals surface area contributed by atoms with Crippen molar-refractivity contribution >= 4 is 18.4 Å². The molecule has 1 heterocycles. The van der Waals surface area contributed by atoms with Gasteiger partial charge in [0.1, 0.15) is 5.75 Å². The summed E-state index contributed by atoms with van der Waals surface area (Å²) in [5.74, 6) is 0.712. The van der Waals surface area contributed by atoms with E-state index in [9.17, 15) is 4.79 Å². The maximum Gasteiger partial charge on any atom is 0.172 e. The van der Waals surface area contributed by atoms with Crippen LogP contribution in [-0.2, 0) is 0 Å². The van der Waals surface area contributed by atoms with Crippen LogP contribution in [0.5, 0.6) is 5.75 Å². The van der Waals surface area contributed by atoms with Gasteiger partial charge in [-0.3, -0.25) is 4.79 Å². The first-order chi connectivity index (χ1) is 11.3. The molecular weight excluding hydrogens is 290 g/mol. The lowest BCUT2D eigenvalue weighted by atomic mass is 10.2. The molecule has 2 aromatic carbocycles. The van der Waals surface area contributed by atoms with Crippen LogP contribution >= 0.6 is 0 Å². The summed E-state index contributed by atoms with van der Waals surface area (Å²) in [5.41, 5.74) is 2.72. The molecule has 0 aliphatic heterocycles. The molecule has 23 heavy (non-hydrogen) atoms. The minimum atomic E-state index is 0.292. The highest BCUT2D eigenvalue weighted by Crippen LogP contribution is 2.19. The number of hydrogen-bond acceptors (Lipinski definition) is 4. The number of aldehydes is 1. The highest BCUT2D eigenvalue weighted by atomic mass is 16.5. The van der Waals surface area contributed by atoms with E-state index in [0.717, 1.165) is 11.3 Å². The van der Waals surface area contributed by atoms with Crippen molar-refractivity contribution in [3.8, 4) is 11.4 Å². The Morgan fingerprint density at radius 1 is 1.04 bits per heavy atom. The van der Waals surface area contributed by atoms with Crippen molar-refractivity contribution in [1.29, 1.82) is 0 Å². The van der Waals surface area contributed by atoms with Gasteiger partial charge in [-0.2, -0.15) is 0 Å². The van der Waals surface area contributed by atoms with E-state index in [0.29, 0.717) is 23.4 Å². The fourth-order valence-corrected chi connectivity index (χ4v) is 2.21. The molecule has 3 rings (SSSR count). The zero-order valence-electron chi connectivity index (χ0n) is 12.6. The number of nitrogens with zero attached hydrogens (tertiary/aromatic N) is 3. The van der Waals surface area contributed by atoms with Crippen molar-refractivity contribution in [2.24, 2.45) is 0 Å². The van der Waals surface area contributed by atoms with E-state index in [1.54, 1.807) is 11.8 Å². The first kappa shape index (κ1) is 14.7. The van der Waals surface area contributed by atoms with Gasteiger partial charge >= 0.3 is 0 Å². The van der Waals surface area contributed by atoms with Gasteiger partial charge in [-0.15, -0.1) is 5.10 Å². The second kappa shape index (κ2) is 6.70. The summed E-state index contributed by atoms with van der Waals surface area (Å²) in [6.45, 7) is 0. The van der Waals surface area contributed by atoms with Gasteiger partial charge in [0.15, 0.2) is 12.0 Å². The first-order valence-electron chi connectivity index (χ1n) is 7.10. The summed E-state index contributed by atoms with van der Waals surface area (Å²) in [7, 11) is 1.60. The predicted molar refractivity (Wildman–Crippen MR) is 88.7 cm³/mol. The van der Waals surface area contributed by atoms with Gasteiger partial charge in [0.25, 0.3) is 0 Å². The van der Waals surface area contributed by atoms with Crippen molar-refractivity contribution in [1.82, 2.24) is 15.0 Å². The van der Waals surface area contributed by atoms with E-state index in [1.165, 1.54) is 0 Å². The molecule has 0 bridgehead atoms. The summed E-state index contributed by atoms with van der Waals surface area (Å²) in [6, 6.07) is 17.3.